The molecule has 1 aromatic rings. The smallest absolute Gasteiger partial charge is 0.165 e. The van der Waals surface area contributed by atoms with Crippen molar-refractivity contribution in [3.63, 3.8) is 0 Å². The molecule has 0 aliphatic rings. The molecule has 0 radical (unpaired) electrons. The summed E-state index contributed by atoms with van der Waals surface area (Å²) in [5, 5.41) is 15.8. The molecular formula is C7H11N5. The molecule has 0 saturated heterocycles. The first kappa shape index (κ1) is 8.53. The summed E-state index contributed by atoms with van der Waals surface area (Å²) in [6.07, 6.45) is 2.97. The van der Waals surface area contributed by atoms with Crippen molar-refractivity contribution in [2.24, 2.45) is 0 Å². The van der Waals surface area contributed by atoms with E-state index in [0.717, 1.165) is 6.42 Å². The molecular weight excluding hydrogens is 154 g/mol. The number of anilines is 1. The third-order valence-corrected chi connectivity index (χ3v) is 1.65. The molecule has 5 nitrogen and oxygen atoms in total. The van der Waals surface area contributed by atoms with Crippen LogP contribution in [0.2, 0.25) is 0 Å². The summed E-state index contributed by atoms with van der Waals surface area (Å²) >= 11 is 0. The highest BCUT2D eigenvalue weighted by Crippen LogP contribution is 2.11. The lowest BCUT2D eigenvalue weighted by molar-refractivity contribution is 0.452. The lowest BCUT2D eigenvalue weighted by atomic mass is 10.2. The number of nitrogens with two attached hydrogens (primary N) is 1. The molecule has 0 spiro atoms. The molecule has 5 heteroatoms. The van der Waals surface area contributed by atoms with Crippen molar-refractivity contribution in [2.45, 2.75) is 25.8 Å². The molecule has 1 heterocycles. The first-order valence-electron chi connectivity index (χ1n) is 3.78. The lowest BCUT2D eigenvalue weighted by Crippen LogP contribution is -2.05. The minimum atomic E-state index is 0.189. The van der Waals surface area contributed by atoms with E-state index in [4.69, 9.17) is 11.0 Å². The van der Waals surface area contributed by atoms with Gasteiger partial charge in [-0.05, 0) is 13.3 Å². The molecule has 0 aliphatic carbocycles. The predicted octanol–water partition coefficient (Wildman–Crippen LogP) is 0.725. The van der Waals surface area contributed by atoms with Gasteiger partial charge in [0.1, 0.15) is 0 Å². The Labute approximate surface area is 70.8 Å². The molecule has 0 fully saturated rings. The van der Waals surface area contributed by atoms with Gasteiger partial charge in [0.25, 0.3) is 0 Å². The van der Waals surface area contributed by atoms with Gasteiger partial charge in [-0.1, -0.05) is 5.21 Å². The number of aromatic nitrogens is 3. The number of rotatable bonds is 3. The van der Waals surface area contributed by atoms with Crippen molar-refractivity contribution in [1.82, 2.24) is 15.0 Å². The second kappa shape index (κ2) is 3.72. The Morgan fingerprint density at radius 2 is 2.58 bits per heavy atom. The van der Waals surface area contributed by atoms with Gasteiger partial charge in [0.2, 0.25) is 0 Å². The van der Waals surface area contributed by atoms with E-state index in [9.17, 15) is 0 Å². The van der Waals surface area contributed by atoms with Gasteiger partial charge in [0.15, 0.2) is 5.82 Å². The second-order valence-electron chi connectivity index (χ2n) is 2.67. The van der Waals surface area contributed by atoms with E-state index < -0.39 is 0 Å². The maximum absolute atomic E-state index is 8.35. The van der Waals surface area contributed by atoms with Gasteiger partial charge in [-0.25, -0.2) is 4.68 Å². The van der Waals surface area contributed by atoms with E-state index in [-0.39, 0.29) is 6.04 Å². The van der Waals surface area contributed by atoms with Crippen LogP contribution < -0.4 is 5.73 Å². The van der Waals surface area contributed by atoms with Gasteiger partial charge in [-0.3, -0.25) is 0 Å². The van der Waals surface area contributed by atoms with E-state index in [0.29, 0.717) is 12.2 Å². The average Bonchev–Trinajstić information content (AvgIpc) is 2.47. The van der Waals surface area contributed by atoms with Crippen LogP contribution in [0.25, 0.3) is 0 Å². The van der Waals surface area contributed by atoms with E-state index >= 15 is 0 Å². The molecule has 1 atom stereocenters. The van der Waals surface area contributed by atoms with Crippen LogP contribution in [0.4, 0.5) is 5.82 Å². The fourth-order valence-electron chi connectivity index (χ4n) is 0.912. The normalized spacial score (nSPS) is 12.3. The molecule has 0 amide bonds. The van der Waals surface area contributed by atoms with Crippen molar-refractivity contribution in [1.29, 1.82) is 5.26 Å². The summed E-state index contributed by atoms with van der Waals surface area (Å²) in [6.45, 7) is 1.98. The number of nitrogens with zero attached hydrogens (tertiary/aromatic N) is 4. The molecule has 12 heavy (non-hydrogen) atoms. The second-order valence-corrected chi connectivity index (χ2v) is 2.67. The minimum Gasteiger partial charge on any atom is -0.381 e. The predicted molar refractivity (Wildman–Crippen MR) is 44.0 cm³/mol. The third kappa shape index (κ3) is 1.95. The minimum absolute atomic E-state index is 0.189. The fraction of sp³-hybridized carbons (Fsp3) is 0.571. The highest BCUT2D eigenvalue weighted by molar-refractivity contribution is 5.20. The lowest BCUT2D eigenvalue weighted by Gasteiger charge is -2.07. The van der Waals surface area contributed by atoms with Gasteiger partial charge in [-0.15, -0.1) is 5.10 Å². The Kier molecular flexibility index (Phi) is 2.64. The molecule has 0 aromatic carbocycles. The summed E-state index contributed by atoms with van der Waals surface area (Å²) < 4.78 is 1.67. The quantitative estimate of drug-likeness (QED) is 0.715. The Morgan fingerprint density at radius 3 is 3.08 bits per heavy atom. The topological polar surface area (TPSA) is 80.5 Å². The molecule has 1 aromatic heterocycles. The number of nitriles is 1. The van der Waals surface area contributed by atoms with Crippen LogP contribution in [0.1, 0.15) is 25.8 Å². The van der Waals surface area contributed by atoms with Crippen LogP contribution in [0, 0.1) is 11.3 Å². The van der Waals surface area contributed by atoms with Crippen molar-refractivity contribution in [3.05, 3.63) is 6.20 Å². The van der Waals surface area contributed by atoms with Crippen LogP contribution in [-0.4, -0.2) is 15.0 Å². The Balaban J connectivity index is 2.54. The monoisotopic (exact) mass is 165 g/mol. The summed E-state index contributed by atoms with van der Waals surface area (Å²) in [7, 11) is 0. The van der Waals surface area contributed by atoms with Crippen LogP contribution >= 0.6 is 0 Å². The van der Waals surface area contributed by atoms with Crippen molar-refractivity contribution in [2.75, 3.05) is 5.73 Å². The van der Waals surface area contributed by atoms with Gasteiger partial charge in [0, 0.05) is 6.42 Å². The van der Waals surface area contributed by atoms with E-state index in [1.165, 1.54) is 0 Å². The highest BCUT2D eigenvalue weighted by Gasteiger charge is 2.05. The Hall–Kier alpha value is -1.57. The van der Waals surface area contributed by atoms with Crippen LogP contribution in [0.3, 0.4) is 0 Å². The summed E-state index contributed by atoms with van der Waals surface area (Å²) in [4.78, 5) is 0. The maximum Gasteiger partial charge on any atom is 0.165 e. The molecule has 2 N–H and O–H groups in total. The summed E-state index contributed by atoms with van der Waals surface area (Å²) in [5.74, 6) is 0.416. The molecule has 0 bridgehead atoms. The average molecular weight is 165 g/mol. The molecule has 1 rings (SSSR count). The number of nitrogen functional groups attached to an aromatic ring is 1. The highest BCUT2D eigenvalue weighted by atomic mass is 15.4. The van der Waals surface area contributed by atoms with E-state index in [2.05, 4.69) is 16.4 Å². The molecule has 64 valence electrons. The maximum atomic E-state index is 8.35. The summed E-state index contributed by atoms with van der Waals surface area (Å²) in [5.41, 5.74) is 5.39. The zero-order valence-corrected chi connectivity index (χ0v) is 6.94. The van der Waals surface area contributed by atoms with E-state index in [1.54, 1.807) is 10.9 Å². The Bertz CT molecular complexity index is 284. The largest absolute Gasteiger partial charge is 0.381 e. The van der Waals surface area contributed by atoms with Crippen LogP contribution in [0.5, 0.6) is 0 Å². The van der Waals surface area contributed by atoms with Crippen LogP contribution in [-0.2, 0) is 0 Å². The zero-order valence-electron chi connectivity index (χ0n) is 6.94. The van der Waals surface area contributed by atoms with Gasteiger partial charge < -0.3 is 5.73 Å². The zero-order chi connectivity index (χ0) is 8.97. The van der Waals surface area contributed by atoms with Crippen LogP contribution in [0.15, 0.2) is 6.20 Å². The third-order valence-electron chi connectivity index (χ3n) is 1.65. The molecule has 0 saturated carbocycles. The molecule has 0 aliphatic heterocycles. The number of hydrogen-bond acceptors (Lipinski definition) is 4. The SMILES string of the molecule is CC(CCC#N)n1cc(N)nn1. The van der Waals surface area contributed by atoms with Crippen molar-refractivity contribution in [3.8, 4) is 6.07 Å². The first-order chi connectivity index (χ1) is 5.74. The summed E-state index contributed by atoms with van der Waals surface area (Å²) in [6, 6.07) is 2.27. The fourth-order valence-corrected chi connectivity index (χ4v) is 0.912. The van der Waals surface area contributed by atoms with E-state index in [1.807, 2.05) is 6.92 Å². The van der Waals surface area contributed by atoms with Gasteiger partial charge in [-0.2, -0.15) is 5.26 Å². The molecule has 1 unspecified atom stereocenters. The number of hydrogen-bond donors (Lipinski definition) is 1. The van der Waals surface area contributed by atoms with Gasteiger partial charge in [0.05, 0.1) is 18.3 Å². The van der Waals surface area contributed by atoms with Gasteiger partial charge >= 0.3 is 0 Å². The standard InChI is InChI=1S/C7H11N5/c1-6(3-2-4-8)12-5-7(9)10-11-12/h5-6H,2-3,9H2,1H3. The van der Waals surface area contributed by atoms with Crippen molar-refractivity contribution >= 4 is 5.82 Å². The first-order valence-corrected chi connectivity index (χ1v) is 3.78. The van der Waals surface area contributed by atoms with Crippen molar-refractivity contribution < 1.29 is 0 Å². The Morgan fingerprint density at radius 1 is 1.83 bits per heavy atom.